The Bertz CT molecular complexity index is 987. The zero-order valence-corrected chi connectivity index (χ0v) is 17.8. The van der Waals surface area contributed by atoms with Crippen molar-refractivity contribution in [2.45, 2.75) is 52.6 Å². The molecule has 0 saturated carbocycles. The van der Waals surface area contributed by atoms with Crippen molar-refractivity contribution in [3.63, 3.8) is 0 Å². The van der Waals surface area contributed by atoms with E-state index in [4.69, 9.17) is 5.73 Å². The van der Waals surface area contributed by atoms with Crippen LogP contribution in [0.15, 0.2) is 33.9 Å². The minimum Gasteiger partial charge on any atom is -0.383 e. The summed E-state index contributed by atoms with van der Waals surface area (Å²) in [5, 5.41) is 0. The third-order valence-electron chi connectivity index (χ3n) is 5.61. The molecule has 8 heteroatoms. The first kappa shape index (κ1) is 21.7. The van der Waals surface area contributed by atoms with E-state index in [0.717, 1.165) is 44.3 Å². The Balaban J connectivity index is 1.82. The fraction of sp³-hybridized carbons (Fsp3) is 0.500. The predicted octanol–water partition coefficient (Wildman–Crippen LogP) is 2.18. The highest BCUT2D eigenvalue weighted by Crippen LogP contribution is 2.20. The summed E-state index contributed by atoms with van der Waals surface area (Å²) in [6, 6.07) is 7.48. The van der Waals surface area contributed by atoms with Crippen molar-refractivity contribution in [1.82, 2.24) is 14.5 Å². The molecule has 3 rings (SSSR count). The predicted molar refractivity (Wildman–Crippen MR) is 119 cm³/mol. The van der Waals surface area contributed by atoms with E-state index in [1.807, 2.05) is 47.9 Å². The van der Waals surface area contributed by atoms with Gasteiger partial charge in [0.05, 0.1) is 0 Å². The van der Waals surface area contributed by atoms with Crippen LogP contribution in [0.25, 0.3) is 0 Å². The Hall–Kier alpha value is -3.03. The van der Waals surface area contributed by atoms with Gasteiger partial charge in [0.25, 0.3) is 11.5 Å². The Labute approximate surface area is 176 Å². The summed E-state index contributed by atoms with van der Waals surface area (Å²) in [5.74, 6) is 0.259. The first-order chi connectivity index (χ1) is 14.5. The van der Waals surface area contributed by atoms with Crippen LogP contribution in [-0.2, 0) is 13.1 Å². The Kier molecular flexibility index (Phi) is 6.97. The lowest BCUT2D eigenvalue weighted by atomic mass is 10.1. The molecule has 1 aliphatic heterocycles. The molecule has 0 bridgehead atoms. The molecule has 30 heavy (non-hydrogen) atoms. The molecular weight excluding hydrogens is 382 g/mol. The lowest BCUT2D eigenvalue weighted by molar-refractivity contribution is 0.0793. The molecule has 1 aromatic carbocycles. The summed E-state index contributed by atoms with van der Waals surface area (Å²) in [5.41, 5.74) is 7.23. The van der Waals surface area contributed by atoms with Crippen molar-refractivity contribution in [1.29, 1.82) is 0 Å². The lowest BCUT2D eigenvalue weighted by Crippen LogP contribution is -2.38. The van der Waals surface area contributed by atoms with Crippen molar-refractivity contribution < 1.29 is 4.79 Å². The second-order valence-electron chi connectivity index (χ2n) is 7.71. The van der Waals surface area contributed by atoms with E-state index in [1.165, 1.54) is 4.57 Å². The van der Waals surface area contributed by atoms with E-state index < -0.39 is 11.2 Å². The van der Waals surface area contributed by atoms with Crippen molar-refractivity contribution in [3.8, 4) is 0 Å². The third-order valence-corrected chi connectivity index (χ3v) is 5.61. The fourth-order valence-corrected chi connectivity index (χ4v) is 3.85. The van der Waals surface area contributed by atoms with Crippen LogP contribution < -0.4 is 21.9 Å². The number of hydrogen-bond acceptors (Lipinski definition) is 5. The molecule has 2 aromatic rings. The molecule has 0 spiro atoms. The van der Waals surface area contributed by atoms with Gasteiger partial charge in [0.1, 0.15) is 11.5 Å². The van der Waals surface area contributed by atoms with Gasteiger partial charge in [-0.2, -0.15) is 0 Å². The van der Waals surface area contributed by atoms with Gasteiger partial charge in [0, 0.05) is 38.3 Å². The summed E-state index contributed by atoms with van der Waals surface area (Å²) in [6.45, 7) is 7.08. The molecule has 3 N–H and O–H groups in total. The smallest absolute Gasteiger partial charge is 0.330 e. The van der Waals surface area contributed by atoms with Crippen molar-refractivity contribution in [2.75, 3.05) is 30.3 Å². The number of anilines is 2. The number of hydrogen-bond donors (Lipinski definition) is 2. The second-order valence-corrected chi connectivity index (χ2v) is 7.71. The van der Waals surface area contributed by atoms with E-state index in [-0.39, 0.29) is 11.7 Å². The van der Waals surface area contributed by atoms with Gasteiger partial charge in [0.2, 0.25) is 0 Å². The summed E-state index contributed by atoms with van der Waals surface area (Å²) in [7, 11) is 0. The minimum absolute atomic E-state index is 0.0649. The van der Waals surface area contributed by atoms with Gasteiger partial charge in [-0.05, 0) is 43.9 Å². The summed E-state index contributed by atoms with van der Waals surface area (Å²) in [6.07, 6.45) is 3.84. The molecule has 0 unspecified atom stereocenters. The van der Waals surface area contributed by atoms with Gasteiger partial charge in [-0.3, -0.25) is 19.1 Å². The summed E-state index contributed by atoms with van der Waals surface area (Å²) < 4.78 is 1.43. The van der Waals surface area contributed by atoms with E-state index >= 15 is 0 Å². The number of aromatic amines is 1. The molecule has 2 heterocycles. The molecule has 1 amide bonds. The Morgan fingerprint density at radius 3 is 2.40 bits per heavy atom. The van der Waals surface area contributed by atoms with Gasteiger partial charge in [-0.1, -0.05) is 25.5 Å². The molecule has 8 nitrogen and oxygen atoms in total. The molecule has 0 aliphatic carbocycles. The second kappa shape index (κ2) is 9.65. The Morgan fingerprint density at radius 1 is 1.13 bits per heavy atom. The monoisotopic (exact) mass is 413 g/mol. The molecule has 0 radical (unpaired) electrons. The highest BCUT2D eigenvalue weighted by Gasteiger charge is 2.20. The summed E-state index contributed by atoms with van der Waals surface area (Å²) >= 11 is 0. The van der Waals surface area contributed by atoms with E-state index in [9.17, 15) is 14.4 Å². The molecule has 0 atom stereocenters. The number of amides is 1. The maximum absolute atomic E-state index is 12.5. The van der Waals surface area contributed by atoms with E-state index in [0.29, 0.717) is 30.9 Å². The number of nitrogens with zero attached hydrogens (tertiary/aromatic N) is 3. The largest absolute Gasteiger partial charge is 0.383 e. The topological polar surface area (TPSA) is 104 Å². The first-order valence-electron chi connectivity index (χ1n) is 10.7. The van der Waals surface area contributed by atoms with Crippen LogP contribution in [-0.4, -0.2) is 40.0 Å². The lowest BCUT2D eigenvalue weighted by Gasteiger charge is -2.25. The maximum Gasteiger partial charge on any atom is 0.330 e. The first-order valence-corrected chi connectivity index (χ1v) is 10.7. The van der Waals surface area contributed by atoms with Crippen LogP contribution in [0.3, 0.4) is 0 Å². The molecule has 1 aliphatic rings. The molecule has 162 valence electrons. The normalized spacial score (nSPS) is 13.6. The van der Waals surface area contributed by atoms with Crippen LogP contribution in [0.5, 0.6) is 0 Å². The van der Waals surface area contributed by atoms with E-state index in [2.05, 4.69) is 4.98 Å². The van der Waals surface area contributed by atoms with Gasteiger partial charge in [-0.15, -0.1) is 0 Å². The third kappa shape index (κ3) is 4.58. The zero-order valence-electron chi connectivity index (χ0n) is 17.8. The molecule has 1 saturated heterocycles. The molecule has 1 fully saturated rings. The number of aromatic nitrogens is 2. The number of benzene rings is 1. The van der Waals surface area contributed by atoms with Crippen LogP contribution in [0.4, 0.5) is 11.5 Å². The highest BCUT2D eigenvalue weighted by molar-refractivity contribution is 5.94. The van der Waals surface area contributed by atoms with Crippen LogP contribution in [0, 0.1) is 0 Å². The van der Waals surface area contributed by atoms with Crippen molar-refractivity contribution >= 4 is 17.4 Å². The number of H-pyrrole nitrogens is 1. The number of unbranched alkanes of at least 4 members (excludes halogenated alkanes) is 1. The van der Waals surface area contributed by atoms with Crippen molar-refractivity contribution in [2.24, 2.45) is 0 Å². The average Bonchev–Trinajstić information content (AvgIpc) is 3.27. The zero-order chi connectivity index (χ0) is 21.7. The number of rotatable bonds is 8. The standard InChI is InChI=1S/C22H31N5O3/c1-3-5-14-27-19(23)18(20(28)24-22(27)30)25(4-2)15-16-8-10-17(11-9-16)21(29)26-12-6-7-13-26/h8-11H,3-7,12-15,23H2,1-2H3,(H,24,28,30). The van der Waals surface area contributed by atoms with Gasteiger partial charge in [-0.25, -0.2) is 4.79 Å². The highest BCUT2D eigenvalue weighted by atomic mass is 16.2. The van der Waals surface area contributed by atoms with Gasteiger partial charge >= 0.3 is 5.69 Å². The summed E-state index contributed by atoms with van der Waals surface area (Å²) in [4.78, 5) is 43.4. The maximum atomic E-state index is 12.5. The molecular formula is C22H31N5O3. The number of carbonyl (C=O) groups is 1. The van der Waals surface area contributed by atoms with Crippen molar-refractivity contribution in [3.05, 3.63) is 56.2 Å². The number of nitrogens with one attached hydrogen (secondary N) is 1. The van der Waals surface area contributed by atoms with Crippen LogP contribution in [0.2, 0.25) is 0 Å². The van der Waals surface area contributed by atoms with Gasteiger partial charge < -0.3 is 15.5 Å². The average molecular weight is 414 g/mol. The SMILES string of the molecule is CCCCn1c(N)c(N(CC)Cc2ccc(C(=O)N3CCCC3)cc2)c(=O)[nH]c1=O. The Morgan fingerprint density at radius 2 is 1.80 bits per heavy atom. The minimum atomic E-state index is -0.479. The number of nitrogens with two attached hydrogens (primary N) is 1. The fourth-order valence-electron chi connectivity index (χ4n) is 3.85. The van der Waals surface area contributed by atoms with Gasteiger partial charge in [0.15, 0.2) is 0 Å². The number of likely N-dealkylation sites (tertiary alicyclic amines) is 1. The van der Waals surface area contributed by atoms with Crippen LogP contribution in [0.1, 0.15) is 55.5 Å². The quantitative estimate of drug-likeness (QED) is 0.690. The number of carbonyl (C=O) groups excluding carboxylic acids is 1. The van der Waals surface area contributed by atoms with Crippen LogP contribution >= 0.6 is 0 Å². The van der Waals surface area contributed by atoms with E-state index in [1.54, 1.807) is 0 Å². The molecule has 1 aromatic heterocycles. The number of nitrogen functional groups attached to an aromatic ring is 1.